The second-order valence-corrected chi connectivity index (χ2v) is 10.3. The van der Waals surface area contributed by atoms with Gasteiger partial charge in [-0.1, -0.05) is 17.7 Å². The molecule has 7 nitrogen and oxygen atoms in total. The maximum absolute atomic E-state index is 13.0. The number of ether oxygens (including phenoxy) is 2. The first kappa shape index (κ1) is 25.3. The number of sulfonamides is 1. The Hall–Kier alpha value is -2.29. The summed E-state index contributed by atoms with van der Waals surface area (Å²) in [6.07, 6.45) is 1.26. The van der Waals surface area contributed by atoms with Gasteiger partial charge in [-0.2, -0.15) is 4.31 Å². The van der Waals surface area contributed by atoms with E-state index in [2.05, 4.69) is 5.32 Å². The number of rotatable bonds is 9. The zero-order chi connectivity index (χ0) is 24.0. The van der Waals surface area contributed by atoms with Crippen molar-refractivity contribution in [2.75, 3.05) is 26.3 Å². The lowest BCUT2D eigenvalue weighted by atomic mass is 9.98. The van der Waals surface area contributed by atoms with Crippen molar-refractivity contribution < 1.29 is 22.7 Å². The number of nitrogens with zero attached hydrogens (tertiary/aromatic N) is 1. The molecule has 1 fully saturated rings. The summed E-state index contributed by atoms with van der Waals surface area (Å²) in [6.45, 7) is 7.28. The highest BCUT2D eigenvalue weighted by atomic mass is 35.5. The number of hydrogen-bond acceptors (Lipinski definition) is 5. The number of amides is 1. The van der Waals surface area contributed by atoms with Crippen molar-refractivity contribution in [1.29, 1.82) is 0 Å². The van der Waals surface area contributed by atoms with Crippen LogP contribution in [0.5, 0.6) is 11.5 Å². The van der Waals surface area contributed by atoms with Crippen molar-refractivity contribution in [2.45, 2.75) is 44.6 Å². The number of halogens is 1. The van der Waals surface area contributed by atoms with Gasteiger partial charge in [0.05, 0.1) is 30.1 Å². The Morgan fingerprint density at radius 1 is 1.12 bits per heavy atom. The molecule has 1 N–H and O–H groups in total. The van der Waals surface area contributed by atoms with E-state index in [0.29, 0.717) is 49.1 Å². The molecule has 0 aromatic heterocycles. The van der Waals surface area contributed by atoms with Gasteiger partial charge in [0.2, 0.25) is 15.9 Å². The SMILES string of the molecule is CCOc1ccc(C(C)NC(=O)C2CCCN(S(=O)(=O)c3ccc(Cl)cc3)C2)cc1OCC. The predicted molar refractivity (Wildman–Crippen MR) is 128 cm³/mol. The lowest BCUT2D eigenvalue weighted by Gasteiger charge is -2.32. The first-order valence-corrected chi connectivity index (χ1v) is 13.0. The summed E-state index contributed by atoms with van der Waals surface area (Å²) < 4.78 is 38.7. The summed E-state index contributed by atoms with van der Waals surface area (Å²) in [5.41, 5.74) is 0.886. The van der Waals surface area contributed by atoms with Crippen molar-refractivity contribution in [3.8, 4) is 11.5 Å². The van der Waals surface area contributed by atoms with E-state index in [1.165, 1.54) is 16.4 Å². The second kappa shape index (κ2) is 11.2. The highest BCUT2D eigenvalue weighted by molar-refractivity contribution is 7.89. The third-order valence-corrected chi connectivity index (χ3v) is 7.76. The van der Waals surface area contributed by atoms with Gasteiger partial charge in [-0.05, 0) is 75.6 Å². The van der Waals surface area contributed by atoms with Gasteiger partial charge in [-0.3, -0.25) is 4.79 Å². The minimum Gasteiger partial charge on any atom is -0.490 e. The third-order valence-electron chi connectivity index (χ3n) is 5.63. The molecule has 3 rings (SSSR count). The molecule has 9 heteroatoms. The van der Waals surface area contributed by atoms with Crippen LogP contribution < -0.4 is 14.8 Å². The van der Waals surface area contributed by atoms with Crippen LogP contribution in [0.1, 0.15) is 45.2 Å². The molecule has 2 atom stereocenters. The lowest BCUT2D eigenvalue weighted by molar-refractivity contribution is -0.126. The van der Waals surface area contributed by atoms with Crippen LogP contribution in [0.3, 0.4) is 0 Å². The molecule has 2 unspecified atom stereocenters. The fourth-order valence-corrected chi connectivity index (χ4v) is 5.53. The van der Waals surface area contributed by atoms with Crippen LogP contribution in [0.15, 0.2) is 47.4 Å². The highest BCUT2D eigenvalue weighted by Crippen LogP contribution is 2.31. The molecule has 1 heterocycles. The number of hydrogen-bond donors (Lipinski definition) is 1. The molecular formula is C24H31ClN2O5S. The van der Waals surface area contributed by atoms with Gasteiger partial charge in [0.1, 0.15) is 0 Å². The minimum absolute atomic E-state index is 0.150. The van der Waals surface area contributed by atoms with E-state index >= 15 is 0 Å². The maximum Gasteiger partial charge on any atom is 0.243 e. The van der Waals surface area contributed by atoms with E-state index in [-0.39, 0.29) is 23.4 Å². The predicted octanol–water partition coefficient (Wildman–Crippen LogP) is 4.42. The Labute approximate surface area is 201 Å². The normalized spacial score (nSPS) is 17.9. The van der Waals surface area contributed by atoms with E-state index in [9.17, 15) is 13.2 Å². The highest BCUT2D eigenvalue weighted by Gasteiger charge is 2.33. The van der Waals surface area contributed by atoms with Crippen molar-refractivity contribution in [1.82, 2.24) is 9.62 Å². The first-order chi connectivity index (χ1) is 15.8. The largest absolute Gasteiger partial charge is 0.490 e. The summed E-state index contributed by atoms with van der Waals surface area (Å²) in [6, 6.07) is 11.4. The Kier molecular flexibility index (Phi) is 8.62. The summed E-state index contributed by atoms with van der Waals surface area (Å²) in [5, 5.41) is 3.50. The van der Waals surface area contributed by atoms with Crippen molar-refractivity contribution >= 4 is 27.5 Å². The Bertz CT molecular complexity index is 1060. The molecule has 1 aliphatic heterocycles. The Morgan fingerprint density at radius 3 is 2.45 bits per heavy atom. The standard InChI is InChI=1S/C24H31ClN2O5S/c1-4-31-22-13-8-18(15-23(22)32-5-2)17(3)26-24(28)19-7-6-14-27(16-19)33(29,30)21-11-9-20(25)10-12-21/h8-13,15,17,19H,4-7,14,16H2,1-3H3,(H,26,28). The fraction of sp³-hybridized carbons (Fsp3) is 0.458. The molecular weight excluding hydrogens is 464 g/mol. The van der Waals surface area contributed by atoms with Gasteiger partial charge in [0, 0.05) is 18.1 Å². The quantitative estimate of drug-likeness (QED) is 0.558. The summed E-state index contributed by atoms with van der Waals surface area (Å²) in [5.74, 6) is 0.718. The molecule has 2 aromatic carbocycles. The van der Waals surface area contributed by atoms with Gasteiger partial charge in [0.25, 0.3) is 0 Å². The monoisotopic (exact) mass is 494 g/mol. The van der Waals surface area contributed by atoms with Crippen LogP contribution in [0.2, 0.25) is 5.02 Å². The maximum atomic E-state index is 13.0. The van der Waals surface area contributed by atoms with Crippen LogP contribution in [-0.2, 0) is 14.8 Å². The summed E-state index contributed by atoms with van der Waals surface area (Å²) in [4.78, 5) is 13.2. The topological polar surface area (TPSA) is 84.9 Å². The van der Waals surface area contributed by atoms with Gasteiger partial charge in [0.15, 0.2) is 11.5 Å². The van der Waals surface area contributed by atoms with Crippen molar-refractivity contribution in [3.63, 3.8) is 0 Å². The minimum atomic E-state index is -3.68. The van der Waals surface area contributed by atoms with E-state index < -0.39 is 15.9 Å². The first-order valence-electron chi connectivity index (χ1n) is 11.2. The van der Waals surface area contributed by atoms with E-state index in [0.717, 1.165) is 5.56 Å². The number of nitrogens with one attached hydrogen (secondary N) is 1. The third kappa shape index (κ3) is 6.19. The Balaban J connectivity index is 1.68. The molecule has 0 radical (unpaired) electrons. The molecule has 1 amide bonds. The molecule has 0 saturated carbocycles. The zero-order valence-electron chi connectivity index (χ0n) is 19.2. The van der Waals surface area contributed by atoms with Crippen molar-refractivity contribution in [3.05, 3.63) is 53.1 Å². The van der Waals surface area contributed by atoms with Gasteiger partial charge in [-0.25, -0.2) is 8.42 Å². The smallest absolute Gasteiger partial charge is 0.243 e. The van der Waals surface area contributed by atoms with E-state index in [1.807, 2.05) is 39.0 Å². The molecule has 180 valence electrons. The average Bonchev–Trinajstić information content (AvgIpc) is 2.81. The average molecular weight is 495 g/mol. The molecule has 33 heavy (non-hydrogen) atoms. The van der Waals surface area contributed by atoms with E-state index in [4.69, 9.17) is 21.1 Å². The number of carbonyl (C=O) groups is 1. The van der Waals surface area contributed by atoms with Crippen LogP contribution in [-0.4, -0.2) is 44.9 Å². The van der Waals surface area contributed by atoms with Gasteiger partial charge in [-0.15, -0.1) is 0 Å². The number of carbonyl (C=O) groups excluding carboxylic acids is 1. The van der Waals surface area contributed by atoms with Gasteiger partial charge < -0.3 is 14.8 Å². The zero-order valence-corrected chi connectivity index (χ0v) is 20.8. The molecule has 0 aliphatic carbocycles. The molecule has 0 spiro atoms. The molecule has 1 saturated heterocycles. The second-order valence-electron chi connectivity index (χ2n) is 7.96. The number of piperidine rings is 1. The number of benzene rings is 2. The van der Waals surface area contributed by atoms with Crippen LogP contribution in [0, 0.1) is 5.92 Å². The molecule has 2 aromatic rings. The molecule has 0 bridgehead atoms. The van der Waals surface area contributed by atoms with Crippen LogP contribution in [0.4, 0.5) is 0 Å². The fourth-order valence-electron chi connectivity index (χ4n) is 3.88. The van der Waals surface area contributed by atoms with Crippen molar-refractivity contribution in [2.24, 2.45) is 5.92 Å². The lowest BCUT2D eigenvalue weighted by Crippen LogP contribution is -2.45. The van der Waals surface area contributed by atoms with E-state index in [1.54, 1.807) is 12.1 Å². The Morgan fingerprint density at radius 2 is 1.79 bits per heavy atom. The van der Waals surface area contributed by atoms with Crippen LogP contribution >= 0.6 is 11.6 Å². The molecule has 1 aliphatic rings. The summed E-state index contributed by atoms with van der Waals surface area (Å²) in [7, 11) is -3.68. The van der Waals surface area contributed by atoms with Gasteiger partial charge >= 0.3 is 0 Å². The summed E-state index contributed by atoms with van der Waals surface area (Å²) >= 11 is 5.89. The van der Waals surface area contributed by atoms with Crippen LogP contribution in [0.25, 0.3) is 0 Å².